The van der Waals surface area contributed by atoms with E-state index in [1.807, 2.05) is 6.08 Å². The van der Waals surface area contributed by atoms with Crippen LogP contribution in [0.5, 0.6) is 0 Å². The van der Waals surface area contributed by atoms with E-state index in [0.717, 1.165) is 0 Å². The van der Waals surface area contributed by atoms with Crippen LogP contribution in [0.1, 0.15) is 29.2 Å². The number of hydrogen-bond acceptors (Lipinski definition) is 1. The fourth-order valence-corrected chi connectivity index (χ4v) is 1.83. The van der Waals surface area contributed by atoms with Gasteiger partial charge in [-0.05, 0) is 37.5 Å². The Kier molecular flexibility index (Phi) is 4.29. The third-order valence-electron chi connectivity index (χ3n) is 2.49. The molecule has 0 fully saturated rings. The summed E-state index contributed by atoms with van der Waals surface area (Å²) >= 11 is 0. The SMILES string of the molecule is CC(=O)NCC=Cc1c(C)cc(C)cc1C. The smallest absolute Gasteiger partial charge is 0.217 e. The minimum atomic E-state index is 0.00185. The number of rotatable bonds is 3. The molecule has 0 bridgehead atoms. The van der Waals surface area contributed by atoms with Crippen molar-refractivity contribution in [2.24, 2.45) is 0 Å². The van der Waals surface area contributed by atoms with Crippen molar-refractivity contribution >= 4 is 12.0 Å². The number of amides is 1. The molecule has 0 radical (unpaired) electrons. The summed E-state index contributed by atoms with van der Waals surface area (Å²) in [6.45, 7) is 8.43. The van der Waals surface area contributed by atoms with E-state index < -0.39 is 0 Å². The van der Waals surface area contributed by atoms with Crippen LogP contribution >= 0.6 is 0 Å². The molecule has 0 aliphatic carbocycles. The maximum Gasteiger partial charge on any atom is 0.217 e. The lowest BCUT2D eigenvalue weighted by Gasteiger charge is -2.07. The first kappa shape index (κ1) is 12.5. The van der Waals surface area contributed by atoms with Crippen LogP contribution in [0.25, 0.3) is 6.08 Å². The lowest BCUT2D eigenvalue weighted by molar-refractivity contribution is -0.118. The molecule has 0 heterocycles. The summed E-state index contributed by atoms with van der Waals surface area (Å²) in [5, 5.41) is 2.74. The Morgan fingerprint density at radius 2 is 1.81 bits per heavy atom. The lowest BCUT2D eigenvalue weighted by Crippen LogP contribution is -2.19. The van der Waals surface area contributed by atoms with E-state index in [9.17, 15) is 4.79 Å². The van der Waals surface area contributed by atoms with Crippen LogP contribution in [-0.4, -0.2) is 12.5 Å². The average Bonchev–Trinajstić information content (AvgIpc) is 2.14. The molecule has 0 aliphatic rings. The van der Waals surface area contributed by atoms with Gasteiger partial charge in [-0.15, -0.1) is 0 Å². The standard InChI is InChI=1S/C14H19NO/c1-10-8-11(2)14(12(3)9-10)6-5-7-15-13(4)16/h5-6,8-9H,7H2,1-4H3,(H,15,16). The third-order valence-corrected chi connectivity index (χ3v) is 2.49. The van der Waals surface area contributed by atoms with Crippen LogP contribution in [-0.2, 0) is 4.79 Å². The molecule has 0 atom stereocenters. The Hall–Kier alpha value is -1.57. The summed E-state index contributed by atoms with van der Waals surface area (Å²) in [6.07, 6.45) is 4.05. The van der Waals surface area contributed by atoms with Gasteiger partial charge in [0.05, 0.1) is 0 Å². The zero-order chi connectivity index (χ0) is 12.1. The molecule has 1 aromatic rings. The molecule has 0 saturated heterocycles. The second-order valence-electron chi connectivity index (χ2n) is 4.15. The highest BCUT2D eigenvalue weighted by Crippen LogP contribution is 2.17. The Bertz CT molecular complexity index is 396. The van der Waals surface area contributed by atoms with E-state index >= 15 is 0 Å². The minimum absolute atomic E-state index is 0.00185. The van der Waals surface area contributed by atoms with Crippen molar-refractivity contribution in [3.63, 3.8) is 0 Å². The van der Waals surface area contributed by atoms with Gasteiger partial charge in [-0.3, -0.25) is 4.79 Å². The van der Waals surface area contributed by atoms with Gasteiger partial charge in [0.2, 0.25) is 5.91 Å². The molecule has 86 valence electrons. The van der Waals surface area contributed by atoms with Crippen molar-refractivity contribution in [3.8, 4) is 0 Å². The van der Waals surface area contributed by atoms with Crippen LogP contribution in [0.3, 0.4) is 0 Å². The van der Waals surface area contributed by atoms with E-state index in [0.29, 0.717) is 6.54 Å². The topological polar surface area (TPSA) is 29.1 Å². The summed E-state index contributed by atoms with van der Waals surface area (Å²) in [6, 6.07) is 4.34. The number of nitrogens with one attached hydrogen (secondary N) is 1. The number of hydrogen-bond donors (Lipinski definition) is 1. The quantitative estimate of drug-likeness (QED) is 0.828. The number of carbonyl (C=O) groups is 1. The van der Waals surface area contributed by atoms with E-state index in [-0.39, 0.29) is 5.91 Å². The molecular weight excluding hydrogens is 198 g/mol. The molecule has 2 nitrogen and oxygen atoms in total. The number of aryl methyl sites for hydroxylation is 3. The maximum atomic E-state index is 10.7. The van der Waals surface area contributed by atoms with Crippen molar-refractivity contribution < 1.29 is 4.79 Å². The molecular formula is C14H19NO. The highest BCUT2D eigenvalue weighted by Gasteiger charge is 1.99. The summed E-state index contributed by atoms with van der Waals surface area (Å²) in [5.74, 6) is 0.00185. The normalized spacial score (nSPS) is 10.8. The van der Waals surface area contributed by atoms with Gasteiger partial charge in [0.15, 0.2) is 0 Å². The number of benzene rings is 1. The van der Waals surface area contributed by atoms with Gasteiger partial charge in [-0.1, -0.05) is 29.8 Å². The highest BCUT2D eigenvalue weighted by atomic mass is 16.1. The monoisotopic (exact) mass is 217 g/mol. The first-order chi connectivity index (χ1) is 7.50. The molecule has 16 heavy (non-hydrogen) atoms. The Morgan fingerprint density at radius 3 is 2.31 bits per heavy atom. The molecule has 1 aromatic carbocycles. The average molecular weight is 217 g/mol. The molecule has 1 N–H and O–H groups in total. The van der Waals surface area contributed by atoms with Gasteiger partial charge in [0.1, 0.15) is 0 Å². The van der Waals surface area contributed by atoms with E-state index in [1.165, 1.54) is 29.2 Å². The predicted octanol–water partition coefficient (Wildman–Crippen LogP) is 2.76. The fourth-order valence-electron chi connectivity index (χ4n) is 1.83. The van der Waals surface area contributed by atoms with Crippen molar-refractivity contribution in [2.75, 3.05) is 6.54 Å². The molecule has 1 rings (SSSR count). The lowest BCUT2D eigenvalue weighted by atomic mass is 9.99. The van der Waals surface area contributed by atoms with Crippen molar-refractivity contribution in [1.29, 1.82) is 0 Å². The number of carbonyl (C=O) groups excluding carboxylic acids is 1. The molecule has 1 amide bonds. The largest absolute Gasteiger partial charge is 0.353 e. The summed E-state index contributed by atoms with van der Waals surface area (Å²) in [7, 11) is 0. The second-order valence-corrected chi connectivity index (χ2v) is 4.15. The van der Waals surface area contributed by atoms with Gasteiger partial charge in [-0.25, -0.2) is 0 Å². The van der Waals surface area contributed by atoms with Gasteiger partial charge >= 0.3 is 0 Å². The summed E-state index contributed by atoms with van der Waals surface area (Å²) < 4.78 is 0. The van der Waals surface area contributed by atoms with Crippen LogP contribution in [0.4, 0.5) is 0 Å². The Balaban J connectivity index is 2.77. The molecule has 0 spiro atoms. The zero-order valence-corrected chi connectivity index (χ0v) is 10.4. The third kappa shape index (κ3) is 3.54. The van der Waals surface area contributed by atoms with E-state index in [2.05, 4.69) is 44.3 Å². The van der Waals surface area contributed by atoms with Crippen molar-refractivity contribution in [2.45, 2.75) is 27.7 Å². The van der Waals surface area contributed by atoms with Crippen LogP contribution < -0.4 is 5.32 Å². The van der Waals surface area contributed by atoms with Gasteiger partial charge in [0, 0.05) is 13.5 Å². The van der Waals surface area contributed by atoms with Gasteiger partial charge < -0.3 is 5.32 Å². The highest BCUT2D eigenvalue weighted by molar-refractivity contribution is 5.73. The first-order valence-corrected chi connectivity index (χ1v) is 5.49. The molecule has 2 heteroatoms. The summed E-state index contributed by atoms with van der Waals surface area (Å²) in [5.41, 5.74) is 5.08. The maximum absolute atomic E-state index is 10.7. The first-order valence-electron chi connectivity index (χ1n) is 5.49. The molecule has 0 saturated carbocycles. The van der Waals surface area contributed by atoms with Crippen LogP contribution in [0.15, 0.2) is 18.2 Å². The Labute approximate surface area is 97.4 Å². The molecule has 0 unspecified atom stereocenters. The summed E-state index contributed by atoms with van der Waals surface area (Å²) in [4.78, 5) is 10.7. The van der Waals surface area contributed by atoms with E-state index in [4.69, 9.17) is 0 Å². The molecule has 0 aromatic heterocycles. The van der Waals surface area contributed by atoms with Crippen molar-refractivity contribution in [3.05, 3.63) is 40.5 Å². The molecule has 0 aliphatic heterocycles. The fraction of sp³-hybridized carbons (Fsp3) is 0.357. The second kappa shape index (κ2) is 5.50. The van der Waals surface area contributed by atoms with Gasteiger partial charge in [-0.2, -0.15) is 0 Å². The van der Waals surface area contributed by atoms with Crippen LogP contribution in [0, 0.1) is 20.8 Å². The van der Waals surface area contributed by atoms with E-state index in [1.54, 1.807) is 0 Å². The van der Waals surface area contributed by atoms with Crippen LogP contribution in [0.2, 0.25) is 0 Å². The predicted molar refractivity (Wildman–Crippen MR) is 68.4 cm³/mol. The van der Waals surface area contributed by atoms with Crippen molar-refractivity contribution in [1.82, 2.24) is 5.32 Å². The Morgan fingerprint density at radius 1 is 1.25 bits per heavy atom. The minimum Gasteiger partial charge on any atom is -0.353 e. The zero-order valence-electron chi connectivity index (χ0n) is 10.4. The van der Waals surface area contributed by atoms with Gasteiger partial charge in [0.25, 0.3) is 0 Å².